The number of anilines is 3. The smallest absolute Gasteiger partial charge is 0.512 e. The molecule has 12 heteroatoms. The number of pyridine rings is 5. The molecule has 11 aromatic carbocycles. The van der Waals surface area contributed by atoms with E-state index < -0.39 is 0 Å². The number of aromatic nitrogens is 6. The molecule has 574 valence electrons. The number of nitrogens with zero attached hydrogens (tertiary/aromatic N) is 7. The Kier molecular flexibility index (Phi) is 23.7. The van der Waals surface area contributed by atoms with Crippen molar-refractivity contribution in [2.75, 3.05) is 4.90 Å². The van der Waals surface area contributed by atoms with Crippen LogP contribution in [0.4, 0.5) is 17.1 Å². The molecule has 8 heterocycles. The fourth-order valence-corrected chi connectivity index (χ4v) is 16.6. The van der Waals surface area contributed by atoms with E-state index in [1.165, 1.54) is 120 Å². The minimum atomic E-state index is -0.248. The molecule has 21 rings (SSSR count). The van der Waals surface area contributed by atoms with Crippen LogP contribution in [0.5, 0.6) is 0 Å². The van der Waals surface area contributed by atoms with Crippen molar-refractivity contribution in [1.82, 2.24) is 29.5 Å². The van der Waals surface area contributed by atoms with Crippen LogP contribution in [-0.2, 0) is 88.7 Å². The summed E-state index contributed by atoms with van der Waals surface area (Å²) >= 11 is 0. The van der Waals surface area contributed by atoms with Crippen molar-refractivity contribution >= 4 is 55.6 Å². The van der Waals surface area contributed by atoms with Gasteiger partial charge in [-0.05, 0) is 152 Å². The van der Waals surface area contributed by atoms with Gasteiger partial charge in [-0.1, -0.05) is 210 Å². The Morgan fingerprint density at radius 1 is 0.422 bits per heavy atom. The molecule has 4 aliphatic rings. The van der Waals surface area contributed by atoms with Gasteiger partial charge in [-0.3, -0.25) is 9.78 Å². The summed E-state index contributed by atoms with van der Waals surface area (Å²) in [4.78, 5) is 35.3. The quantitative estimate of drug-likeness (QED) is 0.0865. The van der Waals surface area contributed by atoms with Crippen LogP contribution >= 0.6 is 0 Å². The molecule has 6 aromatic heterocycles. The van der Waals surface area contributed by atoms with E-state index in [9.17, 15) is 4.79 Å². The number of fused-ring (bicyclic) bond motifs is 8. The first kappa shape index (κ1) is 80.8. The molecule has 2 aliphatic heterocycles. The summed E-state index contributed by atoms with van der Waals surface area (Å²) in [7, 11) is 0. The second-order valence-corrected chi connectivity index (χ2v) is 30.5. The number of aliphatic hydroxyl groups excluding tert-OH is 1. The van der Waals surface area contributed by atoms with Gasteiger partial charge in [0.2, 0.25) is 0 Å². The van der Waals surface area contributed by atoms with E-state index in [1.807, 2.05) is 128 Å². The van der Waals surface area contributed by atoms with E-state index in [1.54, 1.807) is 6.20 Å². The molecule has 2 aliphatic carbocycles. The first-order valence-electron chi connectivity index (χ1n) is 38.2. The number of carbonyl (C=O) groups excluding carboxylic acids is 1. The van der Waals surface area contributed by atoms with Gasteiger partial charge in [-0.2, -0.15) is 0 Å². The molecule has 0 amide bonds. The normalized spacial score (nSPS) is 13.1. The van der Waals surface area contributed by atoms with Crippen molar-refractivity contribution in [1.29, 1.82) is 0 Å². The second-order valence-electron chi connectivity index (χ2n) is 30.5. The third kappa shape index (κ3) is 15.5. The third-order valence-electron chi connectivity index (χ3n) is 22.1. The molecule has 0 unspecified atom stereocenters. The molecule has 17 aromatic rings. The second kappa shape index (κ2) is 34.0. The standard InChI is InChI=1S/C46H34N4.C24H18N.C18H12N.C11H8N.C5H8O2.2Ir.Pt/c1-45(2)36-19-11-17-34-35-18-12-20-37-43(35)50(42(34)36)44-38(45)27-33(28-39(44)46(37,3)4)49(31-15-9-13-29(25-31)40-21-5-7-23-47-40)32-16-10-14-30(26-32)41-22-6-8-24-48-41;1-24(2)20-9-5-4-8-18(20)19-13-11-17(15-21(19)24)23-14-12-16-7-3-6-10-22(16)25-23;1-2-6-13(7-3-1)18-11-15-10-14-8-4-5-9-16(14)17(15)12-19-18;1-2-6-10(7-3-1)11-8-4-5-9-12-11;1-4(6)3-5(2)7;;;/h5-24,27-28H,1-4H3;3-10,12-15H,1-2H3;1-6,8-9,11-12H,10H2;1-6,8-9H;3,6H,1-2H3;;;/q-2;3*-1;;;;+2. The Labute approximate surface area is 720 Å². The molecular formula is C104H80Ir2N7O2Pt-3. The Bertz CT molecular complexity index is 6290. The van der Waals surface area contributed by atoms with E-state index in [0.717, 1.165) is 85.3 Å². The number of rotatable bonds is 9. The average Bonchev–Trinajstić information content (AvgIpc) is 1.48. The van der Waals surface area contributed by atoms with Gasteiger partial charge >= 0.3 is 21.1 Å². The Morgan fingerprint density at radius 3 is 1.47 bits per heavy atom. The third-order valence-corrected chi connectivity index (χ3v) is 22.1. The SMILES string of the molecule is CC(=O)C=C(C)O.CC1(C)c2cc(N(c3[c-]c(-c4ccccn4)ccc3)c3[c-]c(-c4ccccn4)ccc3)cc3c2-n2c4c1cccc4c1cccc(c12)C3(C)C.CC1(C)c2ccccc2-c2c[c-]c(-c3ccc4ccccc4n3)cc21.[Ir].[Ir].[Pt+2].[c-]1ccccc1-c1cc2c(cn1)-c1ccccc1C2.[c-]1ccccc1-c1ccccn1. The van der Waals surface area contributed by atoms with Gasteiger partial charge in [0.15, 0.2) is 5.78 Å². The average molecular weight is 2040 g/mol. The maximum absolute atomic E-state index is 10.0. The molecular weight excluding hydrogens is 1960 g/mol. The van der Waals surface area contributed by atoms with Gasteiger partial charge in [-0.15, -0.1) is 161 Å². The van der Waals surface area contributed by atoms with Crippen LogP contribution in [0.3, 0.4) is 0 Å². The van der Waals surface area contributed by atoms with Crippen LogP contribution in [-0.4, -0.2) is 40.4 Å². The predicted molar refractivity (Wildman–Crippen MR) is 460 cm³/mol. The minimum absolute atomic E-state index is 0. The molecule has 0 spiro atoms. The molecule has 0 bridgehead atoms. The van der Waals surface area contributed by atoms with Crippen LogP contribution in [0.25, 0.3) is 117 Å². The zero-order valence-corrected chi connectivity index (χ0v) is 72.3. The maximum Gasteiger partial charge on any atom is 2.00 e. The van der Waals surface area contributed by atoms with Crippen LogP contribution in [0.2, 0.25) is 0 Å². The summed E-state index contributed by atoms with van der Waals surface area (Å²) in [6, 6.07) is 119. The van der Waals surface area contributed by atoms with E-state index >= 15 is 0 Å². The van der Waals surface area contributed by atoms with Gasteiger partial charge in [0.1, 0.15) is 0 Å². The summed E-state index contributed by atoms with van der Waals surface area (Å²) in [5, 5.41) is 12.2. The van der Waals surface area contributed by atoms with Gasteiger partial charge in [0.25, 0.3) is 0 Å². The number of para-hydroxylation sites is 3. The van der Waals surface area contributed by atoms with Crippen molar-refractivity contribution in [3.8, 4) is 84.2 Å². The van der Waals surface area contributed by atoms with E-state index in [4.69, 9.17) is 10.1 Å². The van der Waals surface area contributed by atoms with Crippen LogP contribution in [0.1, 0.15) is 99.9 Å². The number of aliphatic hydroxyl groups is 1. The topological polar surface area (TPSA) is 110 Å². The Balaban J connectivity index is 0.000000139. The van der Waals surface area contributed by atoms with Gasteiger partial charge in [0.05, 0.1) is 28.0 Å². The first-order chi connectivity index (χ1) is 55.0. The Morgan fingerprint density at radius 2 is 0.922 bits per heavy atom. The molecule has 0 atom stereocenters. The zero-order chi connectivity index (χ0) is 77.5. The summed E-state index contributed by atoms with van der Waals surface area (Å²) in [5.74, 6) is -0.0625. The number of allylic oxidation sites excluding steroid dienone is 2. The van der Waals surface area contributed by atoms with Crippen molar-refractivity contribution in [2.24, 2.45) is 0 Å². The predicted octanol–water partition coefficient (Wildman–Crippen LogP) is 25.0. The fraction of sp³-hybridized carbons (Fsp3) is 0.115. The van der Waals surface area contributed by atoms with Crippen molar-refractivity contribution < 1.29 is 71.2 Å². The maximum atomic E-state index is 10.0. The van der Waals surface area contributed by atoms with Crippen molar-refractivity contribution in [2.45, 2.75) is 78.1 Å². The van der Waals surface area contributed by atoms with E-state index in [-0.39, 0.29) is 89.1 Å². The van der Waals surface area contributed by atoms with Crippen molar-refractivity contribution in [3.05, 3.63) is 403 Å². The monoisotopic (exact) mass is 2040 g/mol. The molecule has 0 saturated carbocycles. The largest absolute Gasteiger partial charge is 2.00 e. The molecule has 0 saturated heterocycles. The van der Waals surface area contributed by atoms with Crippen LogP contribution < -0.4 is 4.90 Å². The van der Waals surface area contributed by atoms with Gasteiger partial charge in [0, 0.05) is 104 Å². The van der Waals surface area contributed by atoms with Crippen molar-refractivity contribution in [3.63, 3.8) is 0 Å². The minimum Gasteiger partial charge on any atom is -0.512 e. The number of hydrogen-bond donors (Lipinski definition) is 1. The molecule has 0 fully saturated rings. The summed E-state index contributed by atoms with van der Waals surface area (Å²) < 4.78 is 2.58. The summed E-state index contributed by atoms with van der Waals surface area (Å²) in [6.07, 6.45) is 9.63. The van der Waals surface area contributed by atoms with E-state index in [0.29, 0.717) is 0 Å². The number of ketones is 1. The number of carbonyl (C=O) groups is 1. The number of benzene rings is 11. The first-order valence-corrected chi connectivity index (χ1v) is 38.2. The zero-order valence-electron chi connectivity index (χ0n) is 65.3. The molecule has 1 N–H and O–H groups in total. The number of hydrogen-bond acceptors (Lipinski definition) is 8. The summed E-state index contributed by atoms with van der Waals surface area (Å²) in [6.45, 7) is 17.0. The Hall–Kier alpha value is -11.8. The van der Waals surface area contributed by atoms with Gasteiger partial charge in [-0.25, -0.2) is 0 Å². The fourth-order valence-electron chi connectivity index (χ4n) is 16.6. The molecule has 116 heavy (non-hydrogen) atoms. The summed E-state index contributed by atoms with van der Waals surface area (Å²) in [5.41, 5.74) is 33.3. The van der Waals surface area contributed by atoms with Crippen LogP contribution in [0, 0.1) is 30.3 Å². The molecule has 2 radical (unpaired) electrons. The molecule has 9 nitrogen and oxygen atoms in total. The van der Waals surface area contributed by atoms with Gasteiger partial charge < -0.3 is 34.5 Å². The van der Waals surface area contributed by atoms with Crippen LogP contribution in [0.15, 0.2) is 328 Å². The van der Waals surface area contributed by atoms with E-state index in [2.05, 4.69) is 283 Å².